The topological polar surface area (TPSA) is 42.0 Å². The fourth-order valence-corrected chi connectivity index (χ4v) is 1.96. The Morgan fingerprint density at radius 3 is 2.52 bits per heavy atom. The number of aromatic nitrogens is 1. The van der Waals surface area contributed by atoms with Crippen LogP contribution in [-0.4, -0.2) is 10.9 Å². The molecule has 1 N–H and O–H groups in total. The molecule has 3 nitrogen and oxygen atoms in total. The monoisotopic (exact) mass is 278 g/mol. The third-order valence-electron chi connectivity index (χ3n) is 2.95. The van der Waals surface area contributed by atoms with Crippen LogP contribution in [0.4, 0.5) is 0 Å². The van der Waals surface area contributed by atoms with Crippen molar-refractivity contribution in [2.45, 2.75) is 13.0 Å². The van der Waals surface area contributed by atoms with E-state index in [0.29, 0.717) is 0 Å². The lowest BCUT2D eigenvalue weighted by Gasteiger charge is -2.17. The van der Waals surface area contributed by atoms with Gasteiger partial charge in [-0.2, -0.15) is 0 Å². The lowest BCUT2D eigenvalue weighted by atomic mass is 10.0. The van der Waals surface area contributed by atoms with E-state index in [1.165, 1.54) is 6.08 Å². The molecule has 1 atom stereocenters. The number of amides is 1. The van der Waals surface area contributed by atoms with E-state index >= 15 is 0 Å². The largest absolute Gasteiger partial charge is 0.340 e. The normalized spacial score (nSPS) is 12.6. The first-order chi connectivity index (χ1) is 10.3. The molecule has 2 aromatic rings. The predicted molar refractivity (Wildman–Crippen MR) is 84.6 cm³/mol. The Hall–Kier alpha value is -2.68. The first-order valence-electron chi connectivity index (χ1n) is 6.87. The van der Waals surface area contributed by atoms with Gasteiger partial charge in [0, 0.05) is 12.3 Å². The summed E-state index contributed by atoms with van der Waals surface area (Å²) in [5.41, 5.74) is 1.82. The van der Waals surface area contributed by atoms with Gasteiger partial charge in [-0.05, 0) is 24.6 Å². The van der Waals surface area contributed by atoms with Crippen LogP contribution in [0.3, 0.4) is 0 Å². The van der Waals surface area contributed by atoms with Crippen LogP contribution >= 0.6 is 0 Å². The number of nitrogens with zero attached hydrogens (tertiary/aromatic N) is 1. The second-order valence-corrected chi connectivity index (χ2v) is 4.49. The summed E-state index contributed by atoms with van der Waals surface area (Å²) in [7, 11) is 0. The fraction of sp³-hybridized carbons (Fsp3) is 0.111. The number of hydrogen-bond acceptors (Lipinski definition) is 2. The number of benzene rings is 1. The molecule has 1 aromatic heterocycles. The highest BCUT2D eigenvalue weighted by Gasteiger charge is 2.16. The standard InChI is InChI=1S/C18H18N2O/c1-2-3-5-13-17(21)20-18(15-10-6-4-7-11-15)16-12-8-9-14-19-16/h2-14,18H,1H3,(H,20,21). The number of rotatable bonds is 5. The highest BCUT2D eigenvalue weighted by atomic mass is 16.1. The van der Waals surface area contributed by atoms with Crippen molar-refractivity contribution < 1.29 is 4.79 Å². The van der Waals surface area contributed by atoms with Crippen LogP contribution < -0.4 is 5.32 Å². The van der Waals surface area contributed by atoms with Crippen LogP contribution in [0.25, 0.3) is 0 Å². The molecule has 1 heterocycles. The summed E-state index contributed by atoms with van der Waals surface area (Å²) in [4.78, 5) is 16.4. The van der Waals surface area contributed by atoms with Crippen LogP contribution in [0.15, 0.2) is 79.0 Å². The molecular weight excluding hydrogens is 260 g/mol. The summed E-state index contributed by atoms with van der Waals surface area (Å²) < 4.78 is 0. The SMILES string of the molecule is CC=CC=CC(=O)NC(c1ccccc1)c1ccccn1. The van der Waals surface area contributed by atoms with Crippen molar-refractivity contribution in [3.05, 3.63) is 90.3 Å². The lowest BCUT2D eigenvalue weighted by Crippen LogP contribution is -2.28. The van der Waals surface area contributed by atoms with E-state index in [4.69, 9.17) is 0 Å². The lowest BCUT2D eigenvalue weighted by molar-refractivity contribution is -0.117. The molecule has 0 saturated carbocycles. The molecule has 106 valence electrons. The van der Waals surface area contributed by atoms with Crippen molar-refractivity contribution in [2.75, 3.05) is 0 Å². The minimum absolute atomic E-state index is 0.146. The molecule has 2 rings (SSSR count). The van der Waals surface area contributed by atoms with Gasteiger partial charge in [-0.3, -0.25) is 9.78 Å². The first-order valence-corrected chi connectivity index (χ1v) is 6.87. The second-order valence-electron chi connectivity index (χ2n) is 4.49. The Labute approximate surface area is 125 Å². The number of pyridine rings is 1. The average Bonchev–Trinajstić information content (AvgIpc) is 2.54. The smallest absolute Gasteiger partial charge is 0.244 e. The van der Waals surface area contributed by atoms with Gasteiger partial charge in [-0.15, -0.1) is 0 Å². The molecule has 0 aliphatic heterocycles. The van der Waals surface area contributed by atoms with E-state index in [0.717, 1.165) is 11.3 Å². The van der Waals surface area contributed by atoms with Crippen LogP contribution in [0.5, 0.6) is 0 Å². The first kappa shape index (κ1) is 14.7. The summed E-state index contributed by atoms with van der Waals surface area (Å²) in [6, 6.07) is 15.2. The third kappa shape index (κ3) is 4.42. The summed E-state index contributed by atoms with van der Waals surface area (Å²) >= 11 is 0. The Bertz CT molecular complexity index is 579. The number of hydrogen-bond donors (Lipinski definition) is 1. The molecular formula is C18H18N2O. The molecule has 21 heavy (non-hydrogen) atoms. The van der Waals surface area contributed by atoms with E-state index < -0.39 is 0 Å². The van der Waals surface area contributed by atoms with E-state index in [9.17, 15) is 4.79 Å². The molecule has 0 aliphatic rings. The maximum atomic E-state index is 12.0. The van der Waals surface area contributed by atoms with Crippen molar-refractivity contribution in [1.29, 1.82) is 0 Å². The highest BCUT2D eigenvalue weighted by molar-refractivity contribution is 5.88. The Kier molecular flexibility index (Phi) is 5.47. The maximum absolute atomic E-state index is 12.0. The molecule has 0 radical (unpaired) electrons. The van der Waals surface area contributed by atoms with E-state index in [1.54, 1.807) is 12.3 Å². The highest BCUT2D eigenvalue weighted by Crippen LogP contribution is 2.19. The second kappa shape index (κ2) is 7.80. The Morgan fingerprint density at radius 2 is 1.86 bits per heavy atom. The van der Waals surface area contributed by atoms with Gasteiger partial charge in [-0.1, -0.05) is 54.6 Å². The fourth-order valence-electron chi connectivity index (χ4n) is 1.96. The van der Waals surface area contributed by atoms with Crippen molar-refractivity contribution in [3.8, 4) is 0 Å². The third-order valence-corrected chi connectivity index (χ3v) is 2.95. The van der Waals surface area contributed by atoms with Gasteiger partial charge in [0.1, 0.15) is 0 Å². The van der Waals surface area contributed by atoms with Gasteiger partial charge in [0.2, 0.25) is 5.91 Å². The molecule has 0 bridgehead atoms. The van der Waals surface area contributed by atoms with Crippen molar-refractivity contribution in [3.63, 3.8) is 0 Å². The summed E-state index contributed by atoms with van der Waals surface area (Å²) in [6.07, 6.45) is 8.65. The number of nitrogens with one attached hydrogen (secondary N) is 1. The predicted octanol–water partition coefficient (Wildman–Crippen LogP) is 3.42. The van der Waals surface area contributed by atoms with Gasteiger partial charge in [0.25, 0.3) is 0 Å². The van der Waals surface area contributed by atoms with Gasteiger partial charge in [0.15, 0.2) is 0 Å². The van der Waals surface area contributed by atoms with E-state index in [-0.39, 0.29) is 11.9 Å². The zero-order valence-corrected chi connectivity index (χ0v) is 11.9. The maximum Gasteiger partial charge on any atom is 0.244 e. The van der Waals surface area contributed by atoms with Gasteiger partial charge in [0.05, 0.1) is 11.7 Å². The number of allylic oxidation sites excluding steroid dienone is 3. The molecule has 1 aromatic carbocycles. The molecule has 3 heteroatoms. The summed E-state index contributed by atoms with van der Waals surface area (Å²) in [5.74, 6) is -0.146. The minimum atomic E-state index is -0.254. The number of carbonyl (C=O) groups excluding carboxylic acids is 1. The molecule has 1 unspecified atom stereocenters. The molecule has 0 spiro atoms. The zero-order chi connectivity index (χ0) is 14.9. The Balaban J connectivity index is 2.23. The van der Waals surface area contributed by atoms with Gasteiger partial charge >= 0.3 is 0 Å². The minimum Gasteiger partial charge on any atom is -0.340 e. The quantitative estimate of drug-likeness (QED) is 0.672. The molecule has 0 fully saturated rings. The summed E-state index contributed by atoms with van der Waals surface area (Å²) in [6.45, 7) is 1.91. The summed E-state index contributed by atoms with van der Waals surface area (Å²) in [5, 5.41) is 2.99. The van der Waals surface area contributed by atoms with Gasteiger partial charge in [-0.25, -0.2) is 0 Å². The molecule has 0 aliphatic carbocycles. The zero-order valence-electron chi connectivity index (χ0n) is 11.9. The van der Waals surface area contributed by atoms with Gasteiger partial charge < -0.3 is 5.32 Å². The van der Waals surface area contributed by atoms with Crippen molar-refractivity contribution >= 4 is 5.91 Å². The molecule has 0 saturated heterocycles. The number of carbonyl (C=O) groups is 1. The molecule has 1 amide bonds. The Morgan fingerprint density at radius 1 is 1.10 bits per heavy atom. The van der Waals surface area contributed by atoms with Crippen molar-refractivity contribution in [2.24, 2.45) is 0 Å². The van der Waals surface area contributed by atoms with E-state index in [1.807, 2.05) is 67.6 Å². The van der Waals surface area contributed by atoms with E-state index in [2.05, 4.69) is 10.3 Å². The van der Waals surface area contributed by atoms with Crippen LogP contribution in [-0.2, 0) is 4.79 Å². The van der Waals surface area contributed by atoms with Crippen LogP contribution in [0.1, 0.15) is 24.2 Å². The average molecular weight is 278 g/mol. The van der Waals surface area contributed by atoms with Crippen molar-refractivity contribution in [1.82, 2.24) is 10.3 Å². The van der Waals surface area contributed by atoms with Crippen LogP contribution in [0, 0.1) is 0 Å². The van der Waals surface area contributed by atoms with Crippen LogP contribution in [0.2, 0.25) is 0 Å².